The van der Waals surface area contributed by atoms with E-state index in [4.69, 9.17) is 4.74 Å². The zero-order valence-corrected chi connectivity index (χ0v) is 12.0. The van der Waals surface area contributed by atoms with E-state index in [-0.39, 0.29) is 5.78 Å². The van der Waals surface area contributed by atoms with Gasteiger partial charge in [0.1, 0.15) is 11.4 Å². The van der Waals surface area contributed by atoms with E-state index in [2.05, 4.69) is 21.0 Å². The number of methoxy groups -OCH3 is 1. The normalized spacial score (nSPS) is 10.4. The molecule has 0 unspecified atom stereocenters. The largest absolute Gasteiger partial charge is 0.492 e. The highest BCUT2D eigenvalue weighted by Crippen LogP contribution is 2.32. The summed E-state index contributed by atoms with van der Waals surface area (Å²) in [6.45, 7) is 1.50. The molecule has 94 valence electrons. The second kappa shape index (κ2) is 4.94. The van der Waals surface area contributed by atoms with Gasteiger partial charge in [-0.25, -0.2) is 0 Å². The number of hydrogen-bond donors (Lipinski definition) is 0. The number of benzene rings is 1. The molecule has 0 bridgehead atoms. The van der Waals surface area contributed by atoms with Gasteiger partial charge < -0.3 is 4.74 Å². The number of carbonyl (C=O) groups is 1. The molecule has 0 spiro atoms. The second-order valence-electron chi connectivity index (χ2n) is 3.92. The molecule has 1 aromatic carbocycles. The summed E-state index contributed by atoms with van der Waals surface area (Å²) in [4.78, 5) is 11.6. The summed E-state index contributed by atoms with van der Waals surface area (Å²) in [6, 6.07) is 7.71. The smallest absolute Gasteiger partial charge is 0.181 e. The lowest BCUT2D eigenvalue weighted by atomic mass is 10.1. The van der Waals surface area contributed by atoms with Crippen molar-refractivity contribution < 1.29 is 9.53 Å². The number of carbonyl (C=O) groups excluding carboxylic acids is 1. The van der Waals surface area contributed by atoms with Gasteiger partial charge in [0.25, 0.3) is 0 Å². The van der Waals surface area contributed by atoms with E-state index in [1.807, 2.05) is 24.3 Å². The van der Waals surface area contributed by atoms with Gasteiger partial charge in [-0.1, -0.05) is 28.1 Å². The Hall–Kier alpha value is -1.62. The molecule has 0 atom stereocenters. The SMILES string of the molecule is COc1c(-c2ccc(Br)cc2)nn(C)c1C(C)=O. The minimum Gasteiger partial charge on any atom is -0.492 e. The van der Waals surface area contributed by atoms with Crippen LogP contribution in [0.3, 0.4) is 0 Å². The van der Waals surface area contributed by atoms with Gasteiger partial charge in [-0.15, -0.1) is 0 Å². The first-order valence-corrected chi connectivity index (χ1v) is 6.21. The van der Waals surface area contributed by atoms with E-state index in [0.717, 1.165) is 10.0 Å². The number of rotatable bonds is 3. The van der Waals surface area contributed by atoms with Crippen molar-refractivity contribution in [2.24, 2.45) is 7.05 Å². The molecule has 0 amide bonds. The van der Waals surface area contributed by atoms with Crippen molar-refractivity contribution in [3.8, 4) is 17.0 Å². The van der Waals surface area contributed by atoms with Crippen molar-refractivity contribution in [2.75, 3.05) is 7.11 Å². The van der Waals surface area contributed by atoms with Crippen LogP contribution in [0.15, 0.2) is 28.7 Å². The average molecular weight is 309 g/mol. The Labute approximate surface area is 114 Å². The summed E-state index contributed by atoms with van der Waals surface area (Å²) in [7, 11) is 3.29. The molecule has 0 N–H and O–H groups in total. The number of ether oxygens (including phenoxy) is 1. The molecule has 0 aliphatic carbocycles. The Morgan fingerprint density at radius 3 is 2.44 bits per heavy atom. The summed E-state index contributed by atoms with van der Waals surface area (Å²) < 4.78 is 7.87. The standard InChI is InChI=1S/C13H13BrN2O2/c1-8(17)12-13(18-3)11(15-16(12)2)9-4-6-10(14)7-5-9/h4-7H,1-3H3. The maximum atomic E-state index is 11.6. The summed E-state index contributed by atoms with van der Waals surface area (Å²) in [5, 5.41) is 4.36. The van der Waals surface area contributed by atoms with Gasteiger partial charge in [-0.05, 0) is 12.1 Å². The molecule has 0 radical (unpaired) electrons. The van der Waals surface area contributed by atoms with Gasteiger partial charge in [0.15, 0.2) is 11.5 Å². The van der Waals surface area contributed by atoms with Crippen LogP contribution in [0.2, 0.25) is 0 Å². The van der Waals surface area contributed by atoms with E-state index in [9.17, 15) is 4.79 Å². The van der Waals surface area contributed by atoms with Crippen LogP contribution in [0.5, 0.6) is 5.75 Å². The highest BCUT2D eigenvalue weighted by Gasteiger charge is 2.21. The van der Waals surface area contributed by atoms with Crippen LogP contribution in [-0.4, -0.2) is 22.7 Å². The van der Waals surface area contributed by atoms with Crippen molar-refractivity contribution in [3.63, 3.8) is 0 Å². The highest BCUT2D eigenvalue weighted by molar-refractivity contribution is 9.10. The molecule has 2 aromatic rings. The first kappa shape index (κ1) is 12.8. The fraction of sp³-hybridized carbons (Fsp3) is 0.231. The van der Waals surface area contributed by atoms with E-state index >= 15 is 0 Å². The van der Waals surface area contributed by atoms with Crippen LogP contribution < -0.4 is 4.74 Å². The van der Waals surface area contributed by atoms with Gasteiger partial charge in [0.2, 0.25) is 0 Å². The third kappa shape index (κ3) is 2.18. The van der Waals surface area contributed by atoms with E-state index in [1.165, 1.54) is 6.92 Å². The highest BCUT2D eigenvalue weighted by atomic mass is 79.9. The lowest BCUT2D eigenvalue weighted by Gasteiger charge is -2.03. The van der Waals surface area contributed by atoms with Gasteiger partial charge >= 0.3 is 0 Å². The number of ketones is 1. The molecule has 1 aromatic heterocycles. The molecule has 4 nitrogen and oxygen atoms in total. The molecule has 1 heterocycles. The van der Waals surface area contributed by atoms with Gasteiger partial charge in [0, 0.05) is 24.0 Å². The maximum absolute atomic E-state index is 11.6. The first-order valence-electron chi connectivity index (χ1n) is 5.42. The van der Waals surface area contributed by atoms with Crippen molar-refractivity contribution in [1.82, 2.24) is 9.78 Å². The topological polar surface area (TPSA) is 44.1 Å². The molecule has 2 rings (SSSR count). The first-order chi connectivity index (χ1) is 8.54. The average Bonchev–Trinajstić information content (AvgIpc) is 2.67. The predicted octanol–water partition coefficient (Wildman–Crippen LogP) is 3.06. The minimum absolute atomic E-state index is 0.0646. The van der Waals surface area contributed by atoms with Crippen molar-refractivity contribution >= 4 is 21.7 Å². The summed E-state index contributed by atoms with van der Waals surface area (Å²) in [5.41, 5.74) is 2.08. The van der Waals surface area contributed by atoms with Gasteiger partial charge in [-0.3, -0.25) is 9.48 Å². The van der Waals surface area contributed by atoms with Crippen LogP contribution in [0.1, 0.15) is 17.4 Å². The van der Waals surface area contributed by atoms with Gasteiger partial charge in [0.05, 0.1) is 7.11 Å². The van der Waals surface area contributed by atoms with Crippen LogP contribution >= 0.6 is 15.9 Å². The molecule has 5 heteroatoms. The molecule has 0 saturated carbocycles. The number of aromatic nitrogens is 2. The number of Topliss-reactive ketones (excluding diaryl/α,β-unsaturated/α-hetero) is 1. The summed E-state index contributed by atoms with van der Waals surface area (Å²) >= 11 is 3.39. The minimum atomic E-state index is -0.0646. The van der Waals surface area contributed by atoms with Crippen molar-refractivity contribution in [1.29, 1.82) is 0 Å². The maximum Gasteiger partial charge on any atom is 0.181 e. The van der Waals surface area contributed by atoms with Crippen molar-refractivity contribution in [3.05, 3.63) is 34.4 Å². The molecular formula is C13H13BrN2O2. The Kier molecular flexibility index (Phi) is 3.52. The number of nitrogens with zero attached hydrogens (tertiary/aromatic N) is 2. The van der Waals surface area contributed by atoms with Gasteiger partial charge in [-0.2, -0.15) is 5.10 Å². The Morgan fingerprint density at radius 2 is 1.94 bits per heavy atom. The van der Waals surface area contributed by atoms with E-state index in [0.29, 0.717) is 17.1 Å². The monoisotopic (exact) mass is 308 g/mol. The van der Waals surface area contributed by atoms with Crippen LogP contribution in [0, 0.1) is 0 Å². The third-order valence-corrected chi connectivity index (χ3v) is 3.19. The van der Waals surface area contributed by atoms with Crippen LogP contribution in [0.25, 0.3) is 11.3 Å². The predicted molar refractivity (Wildman–Crippen MR) is 72.9 cm³/mol. The zero-order chi connectivity index (χ0) is 13.3. The third-order valence-electron chi connectivity index (χ3n) is 2.66. The van der Waals surface area contributed by atoms with E-state index in [1.54, 1.807) is 18.8 Å². The molecule has 0 aliphatic heterocycles. The Balaban J connectivity index is 2.61. The lowest BCUT2D eigenvalue weighted by Crippen LogP contribution is -2.04. The molecule has 0 saturated heterocycles. The summed E-state index contributed by atoms with van der Waals surface area (Å²) in [5.74, 6) is 0.456. The Morgan fingerprint density at radius 1 is 1.33 bits per heavy atom. The Bertz CT molecular complexity index is 588. The number of hydrogen-bond acceptors (Lipinski definition) is 3. The fourth-order valence-corrected chi connectivity index (χ4v) is 2.15. The molecular weight excluding hydrogens is 296 g/mol. The van der Waals surface area contributed by atoms with E-state index < -0.39 is 0 Å². The quantitative estimate of drug-likeness (QED) is 0.819. The van der Waals surface area contributed by atoms with Crippen LogP contribution in [-0.2, 0) is 7.05 Å². The molecule has 0 fully saturated rings. The second-order valence-corrected chi connectivity index (χ2v) is 4.83. The summed E-state index contributed by atoms with van der Waals surface area (Å²) in [6.07, 6.45) is 0. The fourth-order valence-electron chi connectivity index (χ4n) is 1.88. The molecule has 18 heavy (non-hydrogen) atoms. The number of aryl methyl sites for hydroxylation is 1. The zero-order valence-electron chi connectivity index (χ0n) is 10.4. The molecule has 0 aliphatic rings. The van der Waals surface area contributed by atoms with Crippen LogP contribution in [0.4, 0.5) is 0 Å². The lowest BCUT2D eigenvalue weighted by molar-refractivity contribution is 0.100. The number of halogens is 1. The van der Waals surface area contributed by atoms with Crippen molar-refractivity contribution in [2.45, 2.75) is 6.92 Å².